The van der Waals surface area contributed by atoms with Crippen molar-refractivity contribution in [1.82, 2.24) is 4.98 Å². The van der Waals surface area contributed by atoms with E-state index in [1.807, 2.05) is 53.5 Å². The third kappa shape index (κ3) is 3.64. The van der Waals surface area contributed by atoms with E-state index in [0.717, 1.165) is 23.3 Å². The van der Waals surface area contributed by atoms with Gasteiger partial charge in [0.2, 0.25) is 5.13 Å². The zero-order valence-corrected chi connectivity index (χ0v) is 17.5. The van der Waals surface area contributed by atoms with E-state index in [1.54, 1.807) is 12.3 Å². The predicted octanol–water partition coefficient (Wildman–Crippen LogP) is 5.13. The molecule has 31 heavy (non-hydrogen) atoms. The molecule has 1 aliphatic heterocycles. The largest absolute Gasteiger partial charge is 0.507 e. The lowest BCUT2D eigenvalue weighted by Gasteiger charge is -2.21. The van der Waals surface area contributed by atoms with Gasteiger partial charge in [0.15, 0.2) is 0 Å². The average Bonchev–Trinajstić information content (AvgIpc) is 3.42. The first-order valence-electron chi connectivity index (χ1n) is 9.87. The van der Waals surface area contributed by atoms with Crippen LogP contribution in [0, 0.1) is 6.92 Å². The highest BCUT2D eigenvalue weighted by molar-refractivity contribution is 7.14. The van der Waals surface area contributed by atoms with Crippen molar-refractivity contribution >= 4 is 22.2 Å². The molecule has 0 fully saturated rings. The summed E-state index contributed by atoms with van der Waals surface area (Å²) in [5.74, 6) is 0.211. The van der Waals surface area contributed by atoms with E-state index in [4.69, 9.17) is 9.52 Å². The molecule has 2 aromatic carbocycles. The third-order valence-electron chi connectivity index (χ3n) is 5.20. The molecule has 0 spiro atoms. The zero-order chi connectivity index (χ0) is 21.4. The van der Waals surface area contributed by atoms with Crippen molar-refractivity contribution in [1.29, 1.82) is 0 Å². The summed E-state index contributed by atoms with van der Waals surface area (Å²) in [5, 5.41) is 19.5. The second-order valence-corrected chi connectivity index (χ2v) is 8.14. The third-order valence-corrected chi connectivity index (χ3v) is 6.03. The fraction of sp³-hybridized carbons (Fsp3) is 0.125. The summed E-state index contributed by atoms with van der Waals surface area (Å²) in [7, 11) is 0. The van der Waals surface area contributed by atoms with E-state index in [9.17, 15) is 9.90 Å². The number of rotatable bonds is 4. The van der Waals surface area contributed by atoms with Gasteiger partial charge in [-0.2, -0.15) is 5.10 Å². The molecular weight excluding hydrogens is 410 g/mol. The Morgan fingerprint density at radius 1 is 1.10 bits per heavy atom. The van der Waals surface area contributed by atoms with Crippen LogP contribution in [-0.2, 0) is 0 Å². The number of hydrogen-bond acceptors (Lipinski definition) is 7. The standard InChI is InChI=1S/C24H19N3O3S/c1-15-12-21(28)22(23(29)30-15)19-14-31-24(25-19)27-20(17-10-6-3-7-11-17)13-18(26-27)16-8-4-2-5-9-16/h2-12,14,20,28H,13H2,1H3. The van der Waals surface area contributed by atoms with Gasteiger partial charge in [-0.25, -0.2) is 14.8 Å². The minimum atomic E-state index is -0.608. The maximum absolute atomic E-state index is 12.3. The zero-order valence-electron chi connectivity index (χ0n) is 16.7. The van der Waals surface area contributed by atoms with Crippen molar-refractivity contribution in [2.75, 3.05) is 5.01 Å². The lowest BCUT2D eigenvalue weighted by Crippen LogP contribution is -2.18. The molecule has 1 atom stereocenters. The van der Waals surface area contributed by atoms with Gasteiger partial charge in [0, 0.05) is 17.9 Å². The van der Waals surface area contributed by atoms with Crippen molar-refractivity contribution in [2.45, 2.75) is 19.4 Å². The van der Waals surface area contributed by atoms with Crippen LogP contribution in [0.1, 0.15) is 29.3 Å². The molecule has 0 bridgehead atoms. The molecule has 6 nitrogen and oxygen atoms in total. The highest BCUT2D eigenvalue weighted by Crippen LogP contribution is 2.39. The molecule has 1 unspecified atom stereocenters. The summed E-state index contributed by atoms with van der Waals surface area (Å²) in [4.78, 5) is 16.9. The van der Waals surface area contributed by atoms with Crippen LogP contribution in [0.3, 0.4) is 0 Å². The fourth-order valence-corrected chi connectivity index (χ4v) is 4.56. The molecule has 0 amide bonds. The van der Waals surface area contributed by atoms with Gasteiger partial charge < -0.3 is 9.52 Å². The molecule has 5 rings (SSSR count). The van der Waals surface area contributed by atoms with Gasteiger partial charge in [0.25, 0.3) is 0 Å². The van der Waals surface area contributed by atoms with E-state index < -0.39 is 5.63 Å². The Bertz CT molecular complexity index is 1310. The Labute approximate surface area is 182 Å². The van der Waals surface area contributed by atoms with Crippen molar-refractivity contribution in [3.8, 4) is 17.0 Å². The van der Waals surface area contributed by atoms with Crippen molar-refractivity contribution in [2.24, 2.45) is 5.10 Å². The van der Waals surface area contributed by atoms with Crippen LogP contribution < -0.4 is 10.6 Å². The van der Waals surface area contributed by atoms with Crippen LogP contribution in [0.5, 0.6) is 5.75 Å². The van der Waals surface area contributed by atoms with Crippen LogP contribution in [0.2, 0.25) is 0 Å². The summed E-state index contributed by atoms with van der Waals surface area (Å²) < 4.78 is 5.15. The summed E-state index contributed by atoms with van der Waals surface area (Å²) in [6.07, 6.45) is 0.737. The Morgan fingerprint density at radius 3 is 2.52 bits per heavy atom. The number of anilines is 1. The maximum atomic E-state index is 12.3. The lowest BCUT2D eigenvalue weighted by atomic mass is 9.99. The monoisotopic (exact) mass is 429 g/mol. The molecule has 154 valence electrons. The first kappa shape index (κ1) is 19.3. The predicted molar refractivity (Wildman–Crippen MR) is 122 cm³/mol. The average molecular weight is 430 g/mol. The van der Waals surface area contributed by atoms with Crippen molar-refractivity contribution in [3.05, 3.63) is 99.4 Å². The molecule has 0 radical (unpaired) electrons. The Morgan fingerprint density at radius 2 is 1.81 bits per heavy atom. The van der Waals surface area contributed by atoms with Crippen LogP contribution in [0.15, 0.2) is 86.4 Å². The Kier molecular flexibility index (Phi) is 4.88. The van der Waals surface area contributed by atoms with Gasteiger partial charge in [-0.3, -0.25) is 0 Å². The first-order chi connectivity index (χ1) is 15.1. The van der Waals surface area contributed by atoms with E-state index in [0.29, 0.717) is 16.6 Å². The smallest absolute Gasteiger partial charge is 0.349 e. The van der Waals surface area contributed by atoms with Gasteiger partial charge in [-0.05, 0) is 18.1 Å². The first-order valence-corrected chi connectivity index (χ1v) is 10.7. The topological polar surface area (TPSA) is 78.9 Å². The summed E-state index contributed by atoms with van der Waals surface area (Å²) in [6.45, 7) is 1.62. The number of aryl methyl sites for hydroxylation is 1. The number of thiazole rings is 1. The van der Waals surface area contributed by atoms with Gasteiger partial charge in [-0.1, -0.05) is 60.7 Å². The number of aromatic nitrogens is 1. The minimum absolute atomic E-state index is 0.0153. The second-order valence-electron chi connectivity index (χ2n) is 7.31. The number of aromatic hydroxyl groups is 1. The van der Waals surface area contributed by atoms with Crippen molar-refractivity contribution in [3.63, 3.8) is 0 Å². The highest BCUT2D eigenvalue weighted by atomic mass is 32.1. The van der Waals surface area contributed by atoms with E-state index >= 15 is 0 Å². The summed E-state index contributed by atoms with van der Waals surface area (Å²) >= 11 is 1.37. The molecule has 0 saturated heterocycles. The van der Waals surface area contributed by atoms with Gasteiger partial charge in [0.1, 0.15) is 17.1 Å². The van der Waals surface area contributed by atoms with Crippen LogP contribution >= 0.6 is 11.3 Å². The van der Waals surface area contributed by atoms with E-state index in [-0.39, 0.29) is 17.4 Å². The quantitative estimate of drug-likeness (QED) is 0.486. The summed E-state index contributed by atoms with van der Waals surface area (Å²) in [6, 6.07) is 21.7. The second kappa shape index (κ2) is 7.85. The molecule has 0 aliphatic carbocycles. The van der Waals surface area contributed by atoms with Crippen LogP contribution in [0.25, 0.3) is 11.3 Å². The maximum Gasteiger partial charge on any atom is 0.349 e. The molecule has 3 heterocycles. The molecule has 1 N–H and O–H groups in total. The molecule has 4 aromatic rings. The minimum Gasteiger partial charge on any atom is -0.507 e. The number of nitrogens with zero attached hydrogens (tertiary/aromatic N) is 3. The SMILES string of the molecule is Cc1cc(O)c(-c2csc(N3N=C(c4ccccc4)CC3c3ccccc3)n2)c(=O)o1. The molecule has 0 saturated carbocycles. The molecule has 1 aliphatic rings. The van der Waals surface area contributed by atoms with E-state index in [1.165, 1.54) is 17.4 Å². The Balaban J connectivity index is 1.57. The number of hydrogen-bond donors (Lipinski definition) is 1. The highest BCUT2D eigenvalue weighted by Gasteiger charge is 2.32. The number of benzene rings is 2. The summed E-state index contributed by atoms with van der Waals surface area (Å²) in [5.41, 5.74) is 3.01. The Hall–Kier alpha value is -3.71. The normalized spacial score (nSPS) is 15.8. The number of hydrazone groups is 1. The van der Waals surface area contributed by atoms with E-state index in [2.05, 4.69) is 17.1 Å². The lowest BCUT2D eigenvalue weighted by molar-refractivity contribution is 0.438. The van der Waals surface area contributed by atoms with Gasteiger partial charge in [-0.15, -0.1) is 11.3 Å². The van der Waals surface area contributed by atoms with Crippen molar-refractivity contribution < 1.29 is 9.52 Å². The van der Waals surface area contributed by atoms with Crippen LogP contribution in [-0.4, -0.2) is 15.8 Å². The van der Waals surface area contributed by atoms with Gasteiger partial charge >= 0.3 is 5.63 Å². The van der Waals surface area contributed by atoms with Crippen LogP contribution in [0.4, 0.5) is 5.13 Å². The van der Waals surface area contributed by atoms with Gasteiger partial charge in [0.05, 0.1) is 17.4 Å². The molecule has 2 aromatic heterocycles. The molecule has 7 heteroatoms. The molecular formula is C24H19N3O3S. The fourth-order valence-electron chi connectivity index (χ4n) is 3.74.